The third kappa shape index (κ3) is 4.83. The molecule has 1 aromatic heterocycles. The van der Waals surface area contributed by atoms with Crippen LogP contribution in [0.3, 0.4) is 0 Å². The lowest BCUT2D eigenvalue weighted by Gasteiger charge is -2.10. The molecule has 4 rings (SSSR count). The van der Waals surface area contributed by atoms with Crippen molar-refractivity contribution in [2.24, 2.45) is 0 Å². The van der Waals surface area contributed by atoms with Crippen LogP contribution in [0.1, 0.15) is 52.4 Å². The Morgan fingerprint density at radius 1 is 1.10 bits per heavy atom. The van der Waals surface area contributed by atoms with Crippen LogP contribution in [0.2, 0.25) is 0 Å². The van der Waals surface area contributed by atoms with E-state index in [2.05, 4.69) is 39.1 Å². The van der Waals surface area contributed by atoms with E-state index in [9.17, 15) is 4.79 Å². The topological polar surface area (TPSA) is 69.0 Å². The summed E-state index contributed by atoms with van der Waals surface area (Å²) in [5.41, 5.74) is 2.88. The zero-order valence-corrected chi connectivity index (χ0v) is 16.7. The summed E-state index contributed by atoms with van der Waals surface area (Å²) in [6.07, 6.45) is 4.46. The molecular weight excluding hydrogens is 364 g/mol. The van der Waals surface area contributed by atoms with Gasteiger partial charge in [-0.1, -0.05) is 42.3 Å². The van der Waals surface area contributed by atoms with Crippen LogP contribution < -0.4 is 10.1 Å². The molecule has 1 amide bonds. The number of fused-ring (bicyclic) bond motifs is 1. The van der Waals surface area contributed by atoms with E-state index < -0.39 is 0 Å². The van der Waals surface area contributed by atoms with Crippen molar-refractivity contribution in [2.45, 2.75) is 52.3 Å². The van der Waals surface area contributed by atoms with Crippen molar-refractivity contribution in [2.75, 3.05) is 0 Å². The molecule has 1 aliphatic heterocycles. The molecule has 1 N–H and O–H groups in total. The largest absolute Gasteiger partial charge is 0.489 e. The highest BCUT2D eigenvalue weighted by Crippen LogP contribution is 2.17. The van der Waals surface area contributed by atoms with Gasteiger partial charge in [-0.15, -0.1) is 10.2 Å². The molecule has 2 aromatic carbocycles. The second kappa shape index (κ2) is 8.90. The number of rotatable bonds is 6. The van der Waals surface area contributed by atoms with Crippen LogP contribution in [0.5, 0.6) is 5.75 Å². The molecule has 1 aliphatic rings. The molecule has 0 aliphatic carbocycles. The molecule has 150 valence electrons. The standard InChI is InChI=1S/C23H26N4O2/c1-17-7-5-8-18(13-17)16-29-20-10-6-9-19(14-20)23(28)24-15-22-26-25-21-11-3-2-4-12-27(21)22/h5-10,13-14H,2-4,11-12,15-16H2,1H3,(H,24,28). The average molecular weight is 390 g/mol. The first-order chi connectivity index (χ1) is 14.2. The summed E-state index contributed by atoms with van der Waals surface area (Å²) in [6, 6.07) is 15.5. The summed E-state index contributed by atoms with van der Waals surface area (Å²) in [6.45, 7) is 3.83. The van der Waals surface area contributed by atoms with E-state index in [4.69, 9.17) is 4.74 Å². The molecular formula is C23H26N4O2. The number of nitrogens with zero attached hydrogens (tertiary/aromatic N) is 3. The van der Waals surface area contributed by atoms with Gasteiger partial charge in [-0.25, -0.2) is 0 Å². The fourth-order valence-electron chi connectivity index (χ4n) is 3.63. The van der Waals surface area contributed by atoms with Gasteiger partial charge in [0, 0.05) is 18.5 Å². The number of carbonyl (C=O) groups excluding carboxylic acids is 1. The van der Waals surface area contributed by atoms with Gasteiger partial charge in [0.1, 0.15) is 18.2 Å². The van der Waals surface area contributed by atoms with Crippen molar-refractivity contribution in [3.05, 3.63) is 76.9 Å². The lowest BCUT2D eigenvalue weighted by atomic mass is 10.1. The molecule has 0 unspecified atom stereocenters. The Balaban J connectivity index is 1.37. The molecule has 0 bridgehead atoms. The average Bonchev–Trinajstić information content (AvgIpc) is 2.96. The van der Waals surface area contributed by atoms with E-state index >= 15 is 0 Å². The van der Waals surface area contributed by atoms with Crippen LogP contribution >= 0.6 is 0 Å². The quantitative estimate of drug-likeness (QED) is 0.695. The Morgan fingerprint density at radius 3 is 2.90 bits per heavy atom. The Kier molecular flexibility index (Phi) is 5.89. The normalized spacial score (nSPS) is 13.4. The van der Waals surface area contributed by atoms with E-state index in [0.717, 1.165) is 43.0 Å². The first kappa shape index (κ1) is 19.2. The number of nitrogens with one attached hydrogen (secondary N) is 1. The van der Waals surface area contributed by atoms with E-state index in [1.807, 2.05) is 24.3 Å². The predicted octanol–water partition coefficient (Wildman–Crippen LogP) is 3.82. The van der Waals surface area contributed by atoms with Crippen LogP contribution in [-0.4, -0.2) is 20.7 Å². The van der Waals surface area contributed by atoms with Gasteiger partial charge >= 0.3 is 0 Å². The third-order valence-electron chi connectivity index (χ3n) is 5.18. The predicted molar refractivity (Wildman–Crippen MR) is 111 cm³/mol. The zero-order valence-electron chi connectivity index (χ0n) is 16.7. The molecule has 0 atom stereocenters. The summed E-state index contributed by atoms with van der Waals surface area (Å²) >= 11 is 0. The fourth-order valence-corrected chi connectivity index (χ4v) is 3.63. The van der Waals surface area contributed by atoms with Gasteiger partial charge in [-0.2, -0.15) is 0 Å². The SMILES string of the molecule is Cc1cccc(COc2cccc(C(=O)NCc3nnc4n3CCCCC4)c2)c1. The maximum Gasteiger partial charge on any atom is 0.251 e. The van der Waals surface area contributed by atoms with Crippen molar-refractivity contribution in [3.63, 3.8) is 0 Å². The Bertz CT molecular complexity index is 996. The van der Waals surface area contributed by atoms with E-state index in [1.54, 1.807) is 12.1 Å². The van der Waals surface area contributed by atoms with Crippen LogP contribution in [0.4, 0.5) is 0 Å². The summed E-state index contributed by atoms with van der Waals surface area (Å²) in [7, 11) is 0. The highest BCUT2D eigenvalue weighted by atomic mass is 16.5. The smallest absolute Gasteiger partial charge is 0.251 e. The summed E-state index contributed by atoms with van der Waals surface area (Å²) in [5, 5.41) is 11.5. The van der Waals surface area contributed by atoms with Crippen molar-refractivity contribution < 1.29 is 9.53 Å². The maximum absolute atomic E-state index is 12.6. The van der Waals surface area contributed by atoms with E-state index in [1.165, 1.54) is 12.0 Å². The minimum atomic E-state index is -0.142. The van der Waals surface area contributed by atoms with Crippen molar-refractivity contribution >= 4 is 5.91 Å². The molecule has 0 saturated heterocycles. The van der Waals surface area contributed by atoms with E-state index in [0.29, 0.717) is 24.5 Å². The van der Waals surface area contributed by atoms with Crippen LogP contribution in [-0.2, 0) is 26.1 Å². The number of hydrogen-bond acceptors (Lipinski definition) is 4. The summed E-state index contributed by atoms with van der Waals surface area (Å²) < 4.78 is 8.02. The minimum Gasteiger partial charge on any atom is -0.489 e. The van der Waals surface area contributed by atoms with Crippen LogP contribution in [0.15, 0.2) is 48.5 Å². The number of benzene rings is 2. The van der Waals surface area contributed by atoms with Gasteiger partial charge in [0.05, 0.1) is 6.54 Å². The second-order valence-corrected chi connectivity index (χ2v) is 7.48. The van der Waals surface area contributed by atoms with Crippen molar-refractivity contribution in [1.82, 2.24) is 20.1 Å². The molecule has 0 spiro atoms. The van der Waals surface area contributed by atoms with Crippen LogP contribution in [0.25, 0.3) is 0 Å². The van der Waals surface area contributed by atoms with Gasteiger partial charge < -0.3 is 14.6 Å². The molecule has 0 saturated carbocycles. The molecule has 6 heteroatoms. The van der Waals surface area contributed by atoms with E-state index in [-0.39, 0.29) is 5.91 Å². The summed E-state index contributed by atoms with van der Waals surface area (Å²) in [4.78, 5) is 12.6. The number of hydrogen-bond donors (Lipinski definition) is 1. The third-order valence-corrected chi connectivity index (χ3v) is 5.18. The highest BCUT2D eigenvalue weighted by molar-refractivity contribution is 5.94. The number of amides is 1. The number of aromatic nitrogens is 3. The number of aryl methyl sites for hydroxylation is 2. The van der Waals surface area contributed by atoms with Gasteiger partial charge in [0.15, 0.2) is 5.82 Å². The Hall–Kier alpha value is -3.15. The van der Waals surface area contributed by atoms with Gasteiger partial charge in [0.25, 0.3) is 5.91 Å². The Labute approximate surface area is 170 Å². The zero-order chi connectivity index (χ0) is 20.1. The summed E-state index contributed by atoms with van der Waals surface area (Å²) in [5.74, 6) is 2.38. The molecule has 2 heterocycles. The second-order valence-electron chi connectivity index (χ2n) is 7.48. The first-order valence-electron chi connectivity index (χ1n) is 10.2. The Morgan fingerprint density at radius 2 is 2.00 bits per heavy atom. The van der Waals surface area contributed by atoms with Gasteiger partial charge in [-0.3, -0.25) is 4.79 Å². The molecule has 3 aromatic rings. The fraction of sp³-hybridized carbons (Fsp3) is 0.348. The lowest BCUT2D eigenvalue weighted by Crippen LogP contribution is -2.25. The monoisotopic (exact) mass is 390 g/mol. The number of carbonyl (C=O) groups is 1. The lowest BCUT2D eigenvalue weighted by molar-refractivity contribution is 0.0949. The molecule has 0 fully saturated rings. The van der Waals surface area contributed by atoms with Gasteiger partial charge in [-0.05, 0) is 43.5 Å². The van der Waals surface area contributed by atoms with Crippen molar-refractivity contribution in [1.29, 1.82) is 0 Å². The molecule has 29 heavy (non-hydrogen) atoms. The van der Waals surface area contributed by atoms with Crippen molar-refractivity contribution in [3.8, 4) is 5.75 Å². The first-order valence-corrected chi connectivity index (χ1v) is 10.2. The minimum absolute atomic E-state index is 0.142. The highest BCUT2D eigenvalue weighted by Gasteiger charge is 2.15. The molecule has 6 nitrogen and oxygen atoms in total. The van der Waals surface area contributed by atoms with Gasteiger partial charge in [0.2, 0.25) is 0 Å². The number of ether oxygens (including phenoxy) is 1. The van der Waals surface area contributed by atoms with Crippen LogP contribution in [0, 0.1) is 6.92 Å². The maximum atomic E-state index is 12.6. The molecule has 0 radical (unpaired) electrons.